The molecule has 4 heteroatoms. The number of hydrogen-bond acceptors (Lipinski definition) is 1. The topological polar surface area (TPSA) is 29.1 Å². The molecule has 1 N–H and O–H groups in total. The molecule has 0 aliphatic carbocycles. The average molecular weight is 230 g/mol. The van der Waals surface area contributed by atoms with Crippen molar-refractivity contribution in [1.29, 1.82) is 0 Å². The van der Waals surface area contributed by atoms with Gasteiger partial charge in [-0.05, 0) is 24.6 Å². The van der Waals surface area contributed by atoms with Gasteiger partial charge in [0.25, 0.3) is 0 Å². The molecule has 82 valence electrons. The highest BCUT2D eigenvalue weighted by atomic mass is 35.5. The zero-order valence-corrected chi connectivity index (χ0v) is 9.27. The Balaban J connectivity index is 2.57. The minimum Gasteiger partial charge on any atom is -0.352 e. The van der Waals surface area contributed by atoms with E-state index < -0.39 is 0 Å². The summed E-state index contributed by atoms with van der Waals surface area (Å²) in [6, 6.07) is 4.29. The van der Waals surface area contributed by atoms with Crippen LogP contribution in [0.1, 0.15) is 25.3 Å². The van der Waals surface area contributed by atoms with Gasteiger partial charge in [0, 0.05) is 23.6 Å². The summed E-state index contributed by atoms with van der Waals surface area (Å²) in [4.78, 5) is 11.1. The van der Waals surface area contributed by atoms with Gasteiger partial charge in [0.1, 0.15) is 5.82 Å². The fraction of sp³-hybridized carbons (Fsp3) is 0.364. The molecule has 0 bridgehead atoms. The predicted octanol–water partition coefficient (Wildman–Crippen LogP) is 2.90. The molecule has 1 aromatic carbocycles. The largest absolute Gasteiger partial charge is 0.352 e. The highest BCUT2D eigenvalue weighted by molar-refractivity contribution is 6.30. The van der Waals surface area contributed by atoms with Gasteiger partial charge in [-0.1, -0.05) is 18.5 Å². The molecule has 0 radical (unpaired) electrons. The molecule has 0 spiro atoms. The van der Waals surface area contributed by atoms with Crippen LogP contribution in [0.4, 0.5) is 4.39 Å². The van der Waals surface area contributed by atoms with Gasteiger partial charge in [-0.3, -0.25) is 4.79 Å². The average Bonchev–Trinajstić information content (AvgIpc) is 2.20. The molecule has 0 fully saturated rings. The van der Waals surface area contributed by atoms with E-state index in [0.29, 0.717) is 17.0 Å². The zero-order valence-electron chi connectivity index (χ0n) is 8.52. The van der Waals surface area contributed by atoms with Crippen molar-refractivity contribution in [2.75, 3.05) is 0 Å². The lowest BCUT2D eigenvalue weighted by molar-refractivity contribution is -0.121. The molecule has 1 aromatic rings. The fourth-order valence-corrected chi connectivity index (χ4v) is 1.38. The zero-order chi connectivity index (χ0) is 11.3. The first kappa shape index (κ1) is 12.0. The maximum absolute atomic E-state index is 13.2. The summed E-state index contributed by atoms with van der Waals surface area (Å²) in [7, 11) is 0. The molecule has 2 nitrogen and oxygen atoms in total. The third-order valence-corrected chi connectivity index (χ3v) is 2.20. The second-order valence-corrected chi connectivity index (χ2v) is 3.70. The van der Waals surface area contributed by atoms with E-state index in [1.807, 2.05) is 6.92 Å². The van der Waals surface area contributed by atoms with Crippen LogP contribution in [0.3, 0.4) is 0 Å². The van der Waals surface area contributed by atoms with Gasteiger partial charge in [-0.25, -0.2) is 4.39 Å². The summed E-state index contributed by atoms with van der Waals surface area (Å²) in [5, 5.41) is 3.10. The van der Waals surface area contributed by atoms with Crippen LogP contribution in [0.5, 0.6) is 0 Å². The van der Waals surface area contributed by atoms with Crippen LogP contribution in [0.2, 0.25) is 5.02 Å². The first-order valence-corrected chi connectivity index (χ1v) is 5.22. The van der Waals surface area contributed by atoms with Crippen molar-refractivity contribution < 1.29 is 9.18 Å². The molecule has 0 heterocycles. The lowest BCUT2D eigenvalue weighted by atomic mass is 10.2. The molecule has 0 aliphatic heterocycles. The van der Waals surface area contributed by atoms with E-state index in [-0.39, 0.29) is 18.3 Å². The number of carbonyl (C=O) groups is 1. The highest BCUT2D eigenvalue weighted by Gasteiger charge is 2.04. The molecule has 1 amide bonds. The molecule has 0 unspecified atom stereocenters. The lowest BCUT2D eigenvalue weighted by Crippen LogP contribution is -2.22. The Hall–Kier alpha value is -1.09. The first-order valence-electron chi connectivity index (χ1n) is 4.84. The highest BCUT2D eigenvalue weighted by Crippen LogP contribution is 2.14. The lowest BCUT2D eigenvalue weighted by Gasteiger charge is -2.05. The molecular formula is C11H13ClFNO. The SMILES string of the molecule is CCCC(=O)NCc1cc(Cl)ccc1F. The number of amides is 1. The second-order valence-electron chi connectivity index (χ2n) is 3.26. The van der Waals surface area contributed by atoms with Crippen LogP contribution in [0, 0.1) is 5.82 Å². The van der Waals surface area contributed by atoms with E-state index in [4.69, 9.17) is 11.6 Å². The van der Waals surface area contributed by atoms with Gasteiger partial charge in [0.05, 0.1) is 0 Å². The summed E-state index contributed by atoms with van der Waals surface area (Å²) >= 11 is 5.71. The van der Waals surface area contributed by atoms with Crippen molar-refractivity contribution in [2.45, 2.75) is 26.3 Å². The summed E-state index contributed by atoms with van der Waals surface area (Å²) in [6.45, 7) is 2.10. The molecule has 0 aliphatic rings. The van der Waals surface area contributed by atoms with Gasteiger partial charge < -0.3 is 5.32 Å². The Kier molecular flexibility index (Phi) is 4.56. The number of nitrogens with one attached hydrogen (secondary N) is 1. The maximum Gasteiger partial charge on any atom is 0.220 e. The minimum atomic E-state index is -0.351. The van der Waals surface area contributed by atoms with E-state index in [9.17, 15) is 9.18 Å². The number of benzene rings is 1. The van der Waals surface area contributed by atoms with E-state index in [1.165, 1.54) is 18.2 Å². The Labute approximate surface area is 93.4 Å². The Bertz CT molecular complexity index is 354. The van der Waals surface area contributed by atoms with E-state index in [2.05, 4.69) is 5.32 Å². The molecule has 0 saturated heterocycles. The van der Waals surface area contributed by atoms with E-state index in [0.717, 1.165) is 6.42 Å². The summed E-state index contributed by atoms with van der Waals surface area (Å²) in [5.74, 6) is -0.423. The van der Waals surface area contributed by atoms with Crippen LogP contribution >= 0.6 is 11.6 Å². The third-order valence-electron chi connectivity index (χ3n) is 1.96. The van der Waals surface area contributed by atoms with Crippen LogP contribution in [0.25, 0.3) is 0 Å². The van der Waals surface area contributed by atoms with E-state index in [1.54, 1.807) is 0 Å². The molecule has 15 heavy (non-hydrogen) atoms. The predicted molar refractivity (Wildman–Crippen MR) is 58.2 cm³/mol. The summed E-state index contributed by atoms with van der Waals surface area (Å²) < 4.78 is 13.2. The van der Waals surface area contributed by atoms with Crippen LogP contribution in [-0.4, -0.2) is 5.91 Å². The second kappa shape index (κ2) is 5.71. The van der Waals surface area contributed by atoms with Crippen LogP contribution in [-0.2, 0) is 11.3 Å². The minimum absolute atomic E-state index is 0.0723. The van der Waals surface area contributed by atoms with Crippen molar-refractivity contribution in [3.63, 3.8) is 0 Å². The van der Waals surface area contributed by atoms with Crippen molar-refractivity contribution in [1.82, 2.24) is 5.32 Å². The van der Waals surface area contributed by atoms with Gasteiger partial charge in [0.15, 0.2) is 0 Å². The van der Waals surface area contributed by atoms with E-state index >= 15 is 0 Å². The standard InChI is InChI=1S/C11H13ClFNO/c1-2-3-11(15)14-7-8-6-9(12)4-5-10(8)13/h4-6H,2-3,7H2,1H3,(H,14,15). The number of rotatable bonds is 4. The number of hydrogen-bond donors (Lipinski definition) is 1. The third kappa shape index (κ3) is 3.88. The van der Waals surface area contributed by atoms with Crippen LogP contribution in [0.15, 0.2) is 18.2 Å². The first-order chi connectivity index (χ1) is 7.13. The fourth-order valence-electron chi connectivity index (χ4n) is 1.19. The smallest absolute Gasteiger partial charge is 0.220 e. The van der Waals surface area contributed by atoms with Gasteiger partial charge in [-0.2, -0.15) is 0 Å². The van der Waals surface area contributed by atoms with Crippen molar-refractivity contribution in [3.05, 3.63) is 34.6 Å². The Morgan fingerprint density at radius 1 is 1.53 bits per heavy atom. The molecule has 0 atom stereocenters. The summed E-state index contributed by atoms with van der Waals surface area (Å²) in [6.07, 6.45) is 1.24. The Morgan fingerprint density at radius 2 is 2.27 bits per heavy atom. The monoisotopic (exact) mass is 229 g/mol. The molecule has 0 aromatic heterocycles. The van der Waals surface area contributed by atoms with Crippen molar-refractivity contribution >= 4 is 17.5 Å². The molecule has 1 rings (SSSR count). The molecule has 0 saturated carbocycles. The quantitative estimate of drug-likeness (QED) is 0.845. The molecular weight excluding hydrogens is 217 g/mol. The Morgan fingerprint density at radius 3 is 2.93 bits per heavy atom. The van der Waals surface area contributed by atoms with Crippen molar-refractivity contribution in [2.24, 2.45) is 0 Å². The van der Waals surface area contributed by atoms with Gasteiger partial charge >= 0.3 is 0 Å². The number of carbonyl (C=O) groups excluding carboxylic acids is 1. The van der Waals surface area contributed by atoms with Gasteiger partial charge in [-0.15, -0.1) is 0 Å². The van der Waals surface area contributed by atoms with Crippen LogP contribution < -0.4 is 5.32 Å². The normalized spacial score (nSPS) is 10.1. The van der Waals surface area contributed by atoms with Crippen molar-refractivity contribution in [3.8, 4) is 0 Å². The maximum atomic E-state index is 13.2. The number of halogens is 2. The van der Waals surface area contributed by atoms with Gasteiger partial charge in [0.2, 0.25) is 5.91 Å². The summed E-state index contributed by atoms with van der Waals surface area (Å²) in [5.41, 5.74) is 0.409.